The summed E-state index contributed by atoms with van der Waals surface area (Å²) >= 11 is 2.57. The highest BCUT2D eigenvalue weighted by atomic mass is 32.2. The van der Waals surface area contributed by atoms with Crippen molar-refractivity contribution in [1.29, 1.82) is 0 Å². The van der Waals surface area contributed by atoms with E-state index in [-0.39, 0.29) is 22.4 Å². The summed E-state index contributed by atoms with van der Waals surface area (Å²) in [5.74, 6) is 1.78. The molecule has 43 heavy (non-hydrogen) atoms. The molecule has 14 heteroatoms. The average molecular weight is 637 g/mol. The van der Waals surface area contributed by atoms with E-state index in [1.165, 1.54) is 23.9 Å². The Morgan fingerprint density at radius 1 is 0.907 bits per heavy atom. The first-order valence-electron chi connectivity index (χ1n) is 13.0. The molecule has 11 nitrogen and oxygen atoms in total. The van der Waals surface area contributed by atoms with Crippen LogP contribution in [0.5, 0.6) is 11.5 Å². The van der Waals surface area contributed by atoms with Gasteiger partial charge in [-0.15, -0.1) is 10.2 Å². The minimum Gasteiger partial charge on any atom is -0.497 e. The van der Waals surface area contributed by atoms with Crippen molar-refractivity contribution in [2.45, 2.75) is 23.4 Å². The molecule has 0 fully saturated rings. The molecule has 0 saturated carbocycles. The molecule has 0 atom stereocenters. The molecule has 5 rings (SSSR count). The van der Waals surface area contributed by atoms with Crippen LogP contribution < -0.4 is 19.5 Å². The number of aromatic nitrogens is 4. The fourth-order valence-electron chi connectivity index (χ4n) is 4.04. The number of amides is 1. The Hall–Kier alpha value is -4.40. The molecule has 0 saturated heterocycles. The molecule has 222 valence electrons. The zero-order chi connectivity index (χ0) is 30.4. The second-order valence-corrected chi connectivity index (χ2v) is 13.1. The number of carbonyl (C=O) groups excluding carboxylic acids is 1. The van der Waals surface area contributed by atoms with Crippen LogP contribution in [0.4, 0.5) is 10.8 Å². The largest absolute Gasteiger partial charge is 0.497 e. The molecule has 0 bridgehead atoms. The number of hydrogen-bond acceptors (Lipinski definition) is 10. The Bertz CT molecular complexity index is 1740. The normalized spacial score (nSPS) is 11.2. The zero-order valence-corrected chi connectivity index (χ0v) is 25.9. The number of nitrogens with zero attached hydrogens (tertiary/aromatic N) is 3. The van der Waals surface area contributed by atoms with Crippen molar-refractivity contribution in [2.75, 3.05) is 30.0 Å². The average Bonchev–Trinajstić information content (AvgIpc) is 3.63. The lowest BCUT2D eigenvalue weighted by Gasteiger charge is -2.07. The second kappa shape index (κ2) is 13.3. The van der Waals surface area contributed by atoms with E-state index in [1.807, 2.05) is 48.5 Å². The van der Waals surface area contributed by atoms with Gasteiger partial charge in [-0.3, -0.25) is 9.52 Å². The van der Waals surface area contributed by atoms with Gasteiger partial charge in [0.1, 0.15) is 16.5 Å². The van der Waals surface area contributed by atoms with Crippen molar-refractivity contribution < 1.29 is 22.7 Å². The molecule has 3 aromatic carbocycles. The number of nitrogens with one attached hydrogen (secondary N) is 3. The van der Waals surface area contributed by atoms with Gasteiger partial charge in [-0.05, 0) is 79.7 Å². The van der Waals surface area contributed by atoms with E-state index < -0.39 is 10.0 Å². The quantitative estimate of drug-likeness (QED) is 0.144. The van der Waals surface area contributed by atoms with Crippen LogP contribution in [0, 0.1) is 6.92 Å². The standard InChI is InChI=1S/C29H28N6O5S3/c1-18-33-34-29(42-18)35-43(37,38)24-14-8-21(9-15-24)30-25(36)16-17-41-28-31-26(19-4-10-22(39-2)11-5-19)27(32-28)20-6-12-23(40-3)13-7-20/h4-15H,16-17H2,1-3H3,(H,30,36)(H,31,32)(H,34,35). The smallest absolute Gasteiger partial charge is 0.263 e. The number of anilines is 2. The van der Waals surface area contributed by atoms with Gasteiger partial charge >= 0.3 is 0 Å². The maximum atomic E-state index is 12.6. The maximum absolute atomic E-state index is 12.6. The van der Waals surface area contributed by atoms with Gasteiger partial charge in [0, 0.05) is 29.0 Å². The van der Waals surface area contributed by atoms with Gasteiger partial charge in [0.25, 0.3) is 10.0 Å². The number of rotatable bonds is 12. The summed E-state index contributed by atoms with van der Waals surface area (Å²) in [6.07, 6.45) is 0.221. The van der Waals surface area contributed by atoms with Gasteiger partial charge in [0.05, 0.1) is 30.5 Å². The molecule has 0 unspecified atom stereocenters. The van der Waals surface area contributed by atoms with E-state index >= 15 is 0 Å². The molecule has 0 radical (unpaired) electrons. The SMILES string of the molecule is COc1ccc(-c2nc(SCCC(=O)Nc3ccc(S(=O)(=O)Nc4nnc(C)s4)cc3)[nH]c2-c2ccc(OC)cc2)cc1. The lowest BCUT2D eigenvalue weighted by molar-refractivity contribution is -0.115. The van der Waals surface area contributed by atoms with Crippen LogP contribution in [0.25, 0.3) is 22.5 Å². The van der Waals surface area contributed by atoms with E-state index in [0.29, 0.717) is 21.6 Å². The number of ether oxygens (including phenoxy) is 2. The van der Waals surface area contributed by atoms with E-state index in [0.717, 1.165) is 45.4 Å². The molecule has 1 amide bonds. The van der Waals surface area contributed by atoms with Gasteiger partial charge in [-0.2, -0.15) is 0 Å². The number of benzene rings is 3. The molecule has 0 spiro atoms. The number of H-pyrrole nitrogens is 1. The summed E-state index contributed by atoms with van der Waals surface area (Å²) in [7, 11) is -0.572. The van der Waals surface area contributed by atoms with Crippen LogP contribution in [0.3, 0.4) is 0 Å². The molecular weight excluding hydrogens is 609 g/mol. The van der Waals surface area contributed by atoms with Crippen LogP contribution in [0.1, 0.15) is 11.4 Å². The first-order valence-corrected chi connectivity index (χ1v) is 16.3. The Balaban J connectivity index is 1.22. The Labute approximate surface area is 257 Å². The van der Waals surface area contributed by atoms with Gasteiger partial charge in [-0.1, -0.05) is 23.1 Å². The summed E-state index contributed by atoms with van der Waals surface area (Å²) in [5.41, 5.74) is 3.99. The molecule has 2 heterocycles. The predicted molar refractivity (Wildman–Crippen MR) is 168 cm³/mol. The Kier molecular flexibility index (Phi) is 9.28. The highest BCUT2D eigenvalue weighted by molar-refractivity contribution is 7.99. The third-order valence-corrected chi connectivity index (χ3v) is 9.30. The Morgan fingerprint density at radius 3 is 2.12 bits per heavy atom. The molecule has 0 aliphatic carbocycles. The predicted octanol–water partition coefficient (Wildman–Crippen LogP) is 5.84. The molecule has 0 aliphatic rings. The molecule has 2 aromatic heterocycles. The van der Waals surface area contributed by atoms with E-state index in [9.17, 15) is 13.2 Å². The van der Waals surface area contributed by atoms with Crippen molar-refractivity contribution in [1.82, 2.24) is 20.2 Å². The molecule has 5 aromatic rings. The summed E-state index contributed by atoms with van der Waals surface area (Å²) in [5, 5.41) is 11.9. The summed E-state index contributed by atoms with van der Waals surface area (Å²) in [6, 6.07) is 21.3. The van der Waals surface area contributed by atoms with Crippen LogP contribution in [0.15, 0.2) is 82.8 Å². The number of imidazole rings is 1. The van der Waals surface area contributed by atoms with Crippen molar-refractivity contribution >= 4 is 49.8 Å². The van der Waals surface area contributed by atoms with Gasteiger partial charge < -0.3 is 19.8 Å². The van der Waals surface area contributed by atoms with E-state index in [2.05, 4.69) is 25.2 Å². The summed E-state index contributed by atoms with van der Waals surface area (Å²) in [6.45, 7) is 1.74. The van der Waals surface area contributed by atoms with Crippen LogP contribution in [-0.4, -0.2) is 54.5 Å². The number of carbonyl (C=O) groups is 1. The first-order chi connectivity index (χ1) is 20.7. The van der Waals surface area contributed by atoms with Gasteiger partial charge in [0.2, 0.25) is 11.0 Å². The Morgan fingerprint density at radius 2 is 1.53 bits per heavy atom. The third-order valence-electron chi connectivity index (χ3n) is 6.19. The minimum absolute atomic E-state index is 0.0482. The lowest BCUT2D eigenvalue weighted by Crippen LogP contribution is -2.14. The van der Waals surface area contributed by atoms with Gasteiger partial charge in [0.15, 0.2) is 5.16 Å². The minimum atomic E-state index is -3.82. The first kappa shape index (κ1) is 30.1. The number of aryl methyl sites for hydroxylation is 1. The third kappa shape index (κ3) is 7.52. The monoisotopic (exact) mass is 636 g/mol. The van der Waals surface area contributed by atoms with Crippen molar-refractivity contribution in [3.8, 4) is 34.0 Å². The molecular formula is C29H28N6O5S3. The number of sulfonamides is 1. The topological polar surface area (TPSA) is 148 Å². The molecule has 3 N–H and O–H groups in total. The van der Waals surface area contributed by atoms with E-state index in [4.69, 9.17) is 14.5 Å². The number of aromatic amines is 1. The molecule has 0 aliphatic heterocycles. The van der Waals surface area contributed by atoms with Crippen molar-refractivity contribution in [3.63, 3.8) is 0 Å². The van der Waals surface area contributed by atoms with Crippen molar-refractivity contribution in [3.05, 3.63) is 77.8 Å². The maximum Gasteiger partial charge on any atom is 0.263 e. The number of thioether (sulfide) groups is 1. The lowest BCUT2D eigenvalue weighted by atomic mass is 10.0. The van der Waals surface area contributed by atoms with Crippen molar-refractivity contribution in [2.24, 2.45) is 0 Å². The second-order valence-electron chi connectivity index (χ2n) is 9.13. The summed E-state index contributed by atoms with van der Waals surface area (Å²) < 4.78 is 38.2. The van der Waals surface area contributed by atoms with Gasteiger partial charge in [-0.25, -0.2) is 13.4 Å². The number of methoxy groups -OCH3 is 2. The fraction of sp³-hybridized carbons (Fsp3) is 0.172. The fourth-order valence-corrected chi connectivity index (χ4v) is 6.67. The summed E-state index contributed by atoms with van der Waals surface area (Å²) in [4.78, 5) is 20.9. The van der Waals surface area contributed by atoms with Crippen LogP contribution in [-0.2, 0) is 14.8 Å². The number of hydrogen-bond donors (Lipinski definition) is 3. The highest BCUT2D eigenvalue weighted by Gasteiger charge is 2.18. The zero-order valence-electron chi connectivity index (χ0n) is 23.5. The van der Waals surface area contributed by atoms with E-state index in [1.54, 1.807) is 33.3 Å². The van der Waals surface area contributed by atoms with Crippen LogP contribution in [0.2, 0.25) is 0 Å². The van der Waals surface area contributed by atoms with Crippen LogP contribution >= 0.6 is 23.1 Å². The highest BCUT2D eigenvalue weighted by Crippen LogP contribution is 2.34.